The smallest absolute Gasteiger partial charge is 0.262 e. The van der Waals surface area contributed by atoms with Crippen LogP contribution < -0.4 is 10.9 Å². The first-order valence-electron chi connectivity index (χ1n) is 7.64. The maximum Gasteiger partial charge on any atom is 0.262 e. The van der Waals surface area contributed by atoms with E-state index in [4.69, 9.17) is 0 Å². The van der Waals surface area contributed by atoms with Gasteiger partial charge in [-0.05, 0) is 46.8 Å². The molecule has 0 aliphatic heterocycles. The fraction of sp³-hybridized carbons (Fsp3) is 0.471. The lowest BCUT2D eigenvalue weighted by molar-refractivity contribution is -0.119. The zero-order chi connectivity index (χ0) is 17.2. The molecule has 5 nitrogen and oxygen atoms in total. The highest BCUT2D eigenvalue weighted by Gasteiger charge is 2.17. The number of benzene rings is 1. The number of rotatable bonds is 4. The van der Waals surface area contributed by atoms with Crippen LogP contribution in [0.4, 0.5) is 0 Å². The molecule has 0 aliphatic carbocycles. The molecule has 2 aromatic rings. The Kier molecular flexibility index (Phi) is 5.14. The van der Waals surface area contributed by atoms with Gasteiger partial charge in [0.25, 0.3) is 5.56 Å². The van der Waals surface area contributed by atoms with Gasteiger partial charge >= 0.3 is 0 Å². The van der Waals surface area contributed by atoms with Crippen molar-refractivity contribution in [2.24, 2.45) is 0 Å². The molecule has 0 aliphatic rings. The summed E-state index contributed by atoms with van der Waals surface area (Å²) in [6.07, 6.45) is 0. The highest BCUT2D eigenvalue weighted by Crippen LogP contribution is 2.20. The topological polar surface area (TPSA) is 64.0 Å². The second-order valence-corrected chi connectivity index (χ2v) is 7.71. The predicted octanol–water partition coefficient (Wildman–Crippen LogP) is 2.98. The van der Waals surface area contributed by atoms with Crippen LogP contribution in [0.25, 0.3) is 10.9 Å². The number of nitrogens with zero attached hydrogens (tertiary/aromatic N) is 2. The van der Waals surface area contributed by atoms with E-state index in [2.05, 4.69) is 10.3 Å². The van der Waals surface area contributed by atoms with Crippen molar-refractivity contribution in [3.05, 3.63) is 34.6 Å². The average Bonchev–Trinajstić information content (AvgIpc) is 2.43. The average molecular weight is 333 g/mol. The Morgan fingerprint density at radius 2 is 1.96 bits per heavy atom. The summed E-state index contributed by atoms with van der Waals surface area (Å²) in [7, 11) is 0. The van der Waals surface area contributed by atoms with E-state index in [1.54, 1.807) is 10.6 Å². The van der Waals surface area contributed by atoms with Crippen LogP contribution in [0.5, 0.6) is 0 Å². The second-order valence-electron chi connectivity index (χ2n) is 6.77. The first-order valence-corrected chi connectivity index (χ1v) is 8.62. The molecule has 0 saturated heterocycles. The Morgan fingerprint density at radius 3 is 2.57 bits per heavy atom. The molecule has 23 heavy (non-hydrogen) atoms. The van der Waals surface area contributed by atoms with Crippen LogP contribution in [0, 0.1) is 0 Å². The van der Waals surface area contributed by atoms with Gasteiger partial charge in [-0.25, -0.2) is 4.98 Å². The van der Waals surface area contributed by atoms with E-state index >= 15 is 0 Å². The van der Waals surface area contributed by atoms with Crippen molar-refractivity contribution in [2.45, 2.75) is 51.4 Å². The fourth-order valence-electron chi connectivity index (χ4n) is 2.27. The molecular weight excluding hydrogens is 310 g/mol. The van der Waals surface area contributed by atoms with Crippen LogP contribution >= 0.6 is 11.8 Å². The molecule has 1 heterocycles. The second kappa shape index (κ2) is 6.74. The molecule has 0 saturated carbocycles. The summed E-state index contributed by atoms with van der Waals surface area (Å²) in [5, 5.41) is 4.09. The van der Waals surface area contributed by atoms with Gasteiger partial charge in [0.1, 0.15) is 0 Å². The molecule has 0 unspecified atom stereocenters. The summed E-state index contributed by atoms with van der Waals surface area (Å²) in [4.78, 5) is 29.3. The number of carbonyl (C=O) groups excluding carboxylic acids is 1. The zero-order valence-corrected chi connectivity index (χ0v) is 15.0. The molecule has 1 amide bonds. The Morgan fingerprint density at radius 1 is 1.30 bits per heavy atom. The highest BCUT2D eigenvalue weighted by atomic mass is 32.2. The lowest BCUT2D eigenvalue weighted by Crippen LogP contribution is -2.41. The number of carbonyl (C=O) groups is 1. The summed E-state index contributed by atoms with van der Waals surface area (Å²) in [6, 6.07) is 7.27. The molecule has 0 atom stereocenters. The first kappa shape index (κ1) is 17.5. The van der Waals surface area contributed by atoms with Gasteiger partial charge in [0, 0.05) is 11.6 Å². The Hall–Kier alpha value is -1.82. The van der Waals surface area contributed by atoms with Crippen molar-refractivity contribution in [3.8, 4) is 0 Å². The van der Waals surface area contributed by atoms with Crippen molar-refractivity contribution < 1.29 is 4.79 Å². The number of nitrogens with one attached hydrogen (secondary N) is 1. The third-order valence-corrected chi connectivity index (χ3v) is 4.09. The maximum absolute atomic E-state index is 12.7. The molecule has 1 N–H and O–H groups in total. The lowest BCUT2D eigenvalue weighted by atomic mass is 10.1. The Labute approximate surface area is 140 Å². The van der Waals surface area contributed by atoms with Gasteiger partial charge in [0.05, 0.1) is 16.7 Å². The van der Waals surface area contributed by atoms with Gasteiger partial charge in [-0.2, -0.15) is 0 Å². The van der Waals surface area contributed by atoms with Gasteiger partial charge in [0.2, 0.25) is 5.91 Å². The number of hydrogen-bond donors (Lipinski definition) is 1. The molecule has 6 heteroatoms. The summed E-state index contributed by atoms with van der Waals surface area (Å²) in [5.41, 5.74) is 0.323. The molecule has 2 rings (SSSR count). The van der Waals surface area contributed by atoms with Crippen molar-refractivity contribution in [1.29, 1.82) is 0 Å². The standard InChI is InChI=1S/C17H23N3O2S/c1-11(2)20-15(22)12-8-6-7-9-13(12)18-16(20)23-10-14(21)19-17(3,4)5/h6-9,11H,10H2,1-5H3,(H,19,21). The van der Waals surface area contributed by atoms with E-state index in [-0.39, 0.29) is 28.8 Å². The fourth-order valence-corrected chi connectivity index (χ4v) is 3.20. The van der Waals surface area contributed by atoms with E-state index in [9.17, 15) is 9.59 Å². The third kappa shape index (κ3) is 4.34. The van der Waals surface area contributed by atoms with Gasteiger partial charge in [-0.1, -0.05) is 23.9 Å². The summed E-state index contributed by atoms with van der Waals surface area (Å²) >= 11 is 1.29. The van der Waals surface area contributed by atoms with Crippen LogP contribution in [0.1, 0.15) is 40.7 Å². The van der Waals surface area contributed by atoms with Crippen molar-refractivity contribution in [2.75, 3.05) is 5.75 Å². The number of amides is 1. The SMILES string of the molecule is CC(C)n1c(SCC(=O)NC(C)(C)C)nc2ccccc2c1=O. The first-order chi connectivity index (χ1) is 10.7. The molecule has 0 spiro atoms. The normalized spacial score (nSPS) is 11.9. The van der Waals surface area contributed by atoms with Crippen LogP contribution in [-0.2, 0) is 4.79 Å². The summed E-state index contributed by atoms with van der Waals surface area (Å²) in [5.74, 6) is 0.162. The third-order valence-electron chi connectivity index (χ3n) is 3.14. The van der Waals surface area contributed by atoms with Crippen molar-refractivity contribution in [1.82, 2.24) is 14.9 Å². The van der Waals surface area contributed by atoms with Crippen molar-refractivity contribution in [3.63, 3.8) is 0 Å². The Bertz CT molecular complexity index is 775. The van der Waals surface area contributed by atoms with Crippen molar-refractivity contribution >= 4 is 28.6 Å². The minimum atomic E-state index is -0.272. The quantitative estimate of drug-likeness (QED) is 0.690. The lowest BCUT2D eigenvalue weighted by Gasteiger charge is -2.21. The molecule has 1 aromatic carbocycles. The largest absolute Gasteiger partial charge is 0.351 e. The van der Waals surface area contributed by atoms with Gasteiger partial charge in [-0.15, -0.1) is 0 Å². The monoisotopic (exact) mass is 333 g/mol. The highest BCUT2D eigenvalue weighted by molar-refractivity contribution is 7.99. The van der Waals surface area contributed by atoms with Crippen LogP contribution in [0.3, 0.4) is 0 Å². The summed E-state index contributed by atoms with van der Waals surface area (Å²) < 4.78 is 1.65. The number of para-hydroxylation sites is 1. The number of thioether (sulfide) groups is 1. The van der Waals surface area contributed by atoms with E-state index < -0.39 is 0 Å². The van der Waals surface area contributed by atoms with E-state index in [1.807, 2.05) is 52.8 Å². The number of hydrogen-bond acceptors (Lipinski definition) is 4. The minimum absolute atomic E-state index is 0.0206. The van der Waals surface area contributed by atoms with Crippen LogP contribution in [-0.4, -0.2) is 26.8 Å². The van der Waals surface area contributed by atoms with E-state index in [1.165, 1.54) is 11.8 Å². The van der Waals surface area contributed by atoms with Crippen LogP contribution in [0.2, 0.25) is 0 Å². The molecule has 0 bridgehead atoms. The molecule has 0 fully saturated rings. The van der Waals surface area contributed by atoms with Gasteiger partial charge in [0.15, 0.2) is 5.16 Å². The molecule has 0 radical (unpaired) electrons. The number of aromatic nitrogens is 2. The Balaban J connectivity index is 2.34. The molecule has 1 aromatic heterocycles. The van der Waals surface area contributed by atoms with Gasteiger partial charge < -0.3 is 5.32 Å². The van der Waals surface area contributed by atoms with E-state index in [0.717, 1.165) is 0 Å². The van der Waals surface area contributed by atoms with E-state index in [0.29, 0.717) is 16.1 Å². The van der Waals surface area contributed by atoms with Crippen LogP contribution in [0.15, 0.2) is 34.2 Å². The number of fused-ring (bicyclic) bond motifs is 1. The predicted molar refractivity (Wildman–Crippen MR) is 95.0 cm³/mol. The zero-order valence-electron chi connectivity index (χ0n) is 14.2. The van der Waals surface area contributed by atoms with Gasteiger partial charge in [-0.3, -0.25) is 14.2 Å². The minimum Gasteiger partial charge on any atom is -0.351 e. The molecule has 124 valence electrons. The maximum atomic E-state index is 12.7. The summed E-state index contributed by atoms with van der Waals surface area (Å²) in [6.45, 7) is 9.70. The molecular formula is C17H23N3O2S.